The predicted octanol–water partition coefficient (Wildman–Crippen LogP) is 4.20. The summed E-state index contributed by atoms with van der Waals surface area (Å²) in [6, 6.07) is 10.3. The third kappa shape index (κ3) is 2.41. The first-order valence-corrected chi connectivity index (χ1v) is 9.82. The smallest absolute Gasteiger partial charge is 0.0662 e. The molecule has 3 nitrogen and oxygen atoms in total. The van der Waals surface area contributed by atoms with Gasteiger partial charge in [-0.05, 0) is 44.5 Å². The molecule has 2 aliphatic rings. The summed E-state index contributed by atoms with van der Waals surface area (Å²) in [6.07, 6.45) is 3.88. The molecule has 2 atom stereocenters. The summed E-state index contributed by atoms with van der Waals surface area (Å²) in [5.41, 5.74) is 4.55. The maximum absolute atomic E-state index is 2.79. The molecule has 1 fully saturated rings. The van der Waals surface area contributed by atoms with Crippen molar-refractivity contribution in [2.24, 2.45) is 0 Å². The van der Waals surface area contributed by atoms with E-state index in [1.54, 1.807) is 5.69 Å². The first-order valence-electron chi connectivity index (χ1n) is 9.82. The molecule has 1 saturated heterocycles. The fourth-order valence-electron chi connectivity index (χ4n) is 5.09. The summed E-state index contributed by atoms with van der Waals surface area (Å²) in [6.45, 7) is 13.0. The van der Waals surface area contributed by atoms with Gasteiger partial charge in [0.15, 0.2) is 0 Å². The Kier molecular flexibility index (Phi) is 4.40. The van der Waals surface area contributed by atoms with Crippen LogP contribution >= 0.6 is 0 Å². The van der Waals surface area contributed by atoms with Gasteiger partial charge in [-0.15, -0.1) is 0 Å². The van der Waals surface area contributed by atoms with Gasteiger partial charge in [0, 0.05) is 42.3 Å². The summed E-state index contributed by atoms with van der Waals surface area (Å²) in [7, 11) is 0. The lowest BCUT2D eigenvalue weighted by Crippen LogP contribution is -2.57. The molecule has 130 valence electrons. The zero-order chi connectivity index (χ0) is 16.7. The Labute approximate surface area is 146 Å². The molecule has 0 radical (unpaired) electrons. The largest absolute Gasteiger partial charge is 0.343 e. The predicted molar refractivity (Wildman–Crippen MR) is 102 cm³/mol. The molecule has 4 rings (SSSR count). The van der Waals surface area contributed by atoms with Crippen LogP contribution in [0.3, 0.4) is 0 Å². The molecule has 24 heavy (non-hydrogen) atoms. The van der Waals surface area contributed by atoms with Gasteiger partial charge in [0.2, 0.25) is 0 Å². The lowest BCUT2D eigenvalue weighted by Gasteiger charge is -2.50. The van der Waals surface area contributed by atoms with E-state index in [1.807, 2.05) is 0 Å². The van der Waals surface area contributed by atoms with Crippen molar-refractivity contribution in [2.75, 3.05) is 26.2 Å². The van der Waals surface area contributed by atoms with Gasteiger partial charge in [-0.2, -0.15) is 0 Å². The van der Waals surface area contributed by atoms with Crippen molar-refractivity contribution in [1.29, 1.82) is 0 Å². The van der Waals surface area contributed by atoms with Crippen LogP contribution in [0.25, 0.3) is 10.9 Å². The Hall–Kier alpha value is -1.32. The number of fused-ring (bicyclic) bond motifs is 5. The Morgan fingerprint density at radius 1 is 1.04 bits per heavy atom. The highest BCUT2D eigenvalue weighted by atomic mass is 15.3. The Morgan fingerprint density at radius 3 is 2.62 bits per heavy atom. The van der Waals surface area contributed by atoms with Crippen LogP contribution in [0.1, 0.15) is 50.4 Å². The number of benzene rings is 1. The number of piperazine rings is 1. The summed E-state index contributed by atoms with van der Waals surface area (Å²) >= 11 is 0. The van der Waals surface area contributed by atoms with E-state index in [1.165, 1.54) is 68.5 Å². The van der Waals surface area contributed by atoms with Gasteiger partial charge in [-0.25, -0.2) is 0 Å². The average Bonchev–Trinajstić information content (AvgIpc) is 2.92. The molecule has 3 heterocycles. The molecule has 1 aromatic heterocycles. The summed E-state index contributed by atoms with van der Waals surface area (Å²) in [5.74, 6) is 0. The van der Waals surface area contributed by atoms with Gasteiger partial charge in [0.25, 0.3) is 0 Å². The summed E-state index contributed by atoms with van der Waals surface area (Å²) in [5, 5.41) is 1.46. The number of hydrogen-bond acceptors (Lipinski definition) is 2. The Morgan fingerprint density at radius 2 is 1.83 bits per heavy atom. The molecule has 0 amide bonds. The van der Waals surface area contributed by atoms with E-state index in [0.29, 0.717) is 12.1 Å². The maximum Gasteiger partial charge on any atom is 0.0662 e. The summed E-state index contributed by atoms with van der Waals surface area (Å²) < 4.78 is 2.63. The van der Waals surface area contributed by atoms with E-state index in [2.05, 4.69) is 59.4 Å². The Bertz CT molecular complexity index is 717. The minimum Gasteiger partial charge on any atom is -0.343 e. The zero-order valence-electron chi connectivity index (χ0n) is 15.5. The van der Waals surface area contributed by atoms with Crippen LogP contribution < -0.4 is 0 Å². The van der Waals surface area contributed by atoms with Gasteiger partial charge >= 0.3 is 0 Å². The van der Waals surface area contributed by atoms with Crippen LogP contribution in [0.15, 0.2) is 24.3 Å². The van der Waals surface area contributed by atoms with E-state index in [-0.39, 0.29) is 0 Å². The van der Waals surface area contributed by atoms with E-state index in [4.69, 9.17) is 0 Å². The average molecular weight is 326 g/mol. The number of nitrogens with zero attached hydrogens (tertiary/aromatic N) is 3. The number of likely N-dealkylation sites (N-methyl/N-ethyl adjacent to an activating group) is 1. The van der Waals surface area contributed by atoms with Crippen molar-refractivity contribution in [2.45, 2.75) is 58.7 Å². The standard InChI is InChI=1S/C21H31N3/c1-4-6-12-23-15-14-22(5-2)19-11-13-24-18-10-8-7-9-17(18)16(3)20(24)21(19)23/h7-10,19,21H,4-6,11-15H2,1-3H3. The fourth-order valence-corrected chi connectivity index (χ4v) is 5.09. The third-order valence-corrected chi connectivity index (χ3v) is 6.31. The molecule has 1 aromatic carbocycles. The molecule has 0 spiro atoms. The van der Waals surface area contributed by atoms with E-state index in [9.17, 15) is 0 Å². The third-order valence-electron chi connectivity index (χ3n) is 6.31. The molecule has 0 saturated carbocycles. The molecule has 0 N–H and O–H groups in total. The van der Waals surface area contributed by atoms with Crippen LogP contribution in [-0.4, -0.2) is 46.6 Å². The molecule has 2 aromatic rings. The highest BCUT2D eigenvalue weighted by Crippen LogP contribution is 2.42. The first-order chi connectivity index (χ1) is 11.8. The van der Waals surface area contributed by atoms with Crippen LogP contribution in [0.2, 0.25) is 0 Å². The van der Waals surface area contributed by atoms with Crippen LogP contribution in [0, 0.1) is 6.92 Å². The molecule has 2 aliphatic heterocycles. The van der Waals surface area contributed by atoms with E-state index < -0.39 is 0 Å². The lowest BCUT2D eigenvalue weighted by molar-refractivity contribution is 0.000731. The zero-order valence-corrected chi connectivity index (χ0v) is 15.5. The molecule has 0 bridgehead atoms. The van der Waals surface area contributed by atoms with Crippen LogP contribution in [0.5, 0.6) is 0 Å². The molecule has 2 unspecified atom stereocenters. The topological polar surface area (TPSA) is 11.4 Å². The second kappa shape index (κ2) is 6.53. The SMILES string of the molecule is CCCCN1CCN(CC)C2CCn3c(c(C)c4ccccc43)C21. The van der Waals surface area contributed by atoms with Crippen molar-refractivity contribution in [1.82, 2.24) is 14.4 Å². The normalized spacial score (nSPS) is 25.0. The number of aryl methyl sites for hydroxylation is 2. The first kappa shape index (κ1) is 16.2. The number of hydrogen-bond donors (Lipinski definition) is 0. The lowest BCUT2D eigenvalue weighted by atomic mass is 9.90. The summed E-state index contributed by atoms with van der Waals surface area (Å²) in [4.78, 5) is 5.52. The molecular formula is C21H31N3. The Balaban J connectivity index is 1.82. The van der Waals surface area contributed by atoms with E-state index >= 15 is 0 Å². The minimum atomic E-state index is 0.575. The number of para-hydroxylation sites is 1. The fraction of sp³-hybridized carbons (Fsp3) is 0.619. The van der Waals surface area contributed by atoms with Gasteiger partial charge < -0.3 is 4.57 Å². The molecular weight excluding hydrogens is 294 g/mol. The number of unbranched alkanes of at least 4 members (excludes halogenated alkanes) is 1. The minimum absolute atomic E-state index is 0.575. The second-order valence-electron chi connectivity index (χ2n) is 7.50. The highest BCUT2D eigenvalue weighted by molar-refractivity contribution is 5.85. The van der Waals surface area contributed by atoms with Crippen molar-refractivity contribution in [3.63, 3.8) is 0 Å². The van der Waals surface area contributed by atoms with Gasteiger partial charge in [0.05, 0.1) is 6.04 Å². The van der Waals surface area contributed by atoms with Gasteiger partial charge in [-0.3, -0.25) is 9.80 Å². The van der Waals surface area contributed by atoms with Gasteiger partial charge in [-0.1, -0.05) is 38.5 Å². The van der Waals surface area contributed by atoms with E-state index in [0.717, 1.165) is 0 Å². The second-order valence-corrected chi connectivity index (χ2v) is 7.50. The molecule has 3 heteroatoms. The quantitative estimate of drug-likeness (QED) is 0.834. The van der Waals surface area contributed by atoms with Crippen molar-refractivity contribution in [3.05, 3.63) is 35.5 Å². The van der Waals surface area contributed by atoms with Crippen LogP contribution in [-0.2, 0) is 6.54 Å². The number of rotatable bonds is 4. The van der Waals surface area contributed by atoms with Crippen LogP contribution in [0.4, 0.5) is 0 Å². The van der Waals surface area contributed by atoms with Crippen molar-refractivity contribution in [3.8, 4) is 0 Å². The van der Waals surface area contributed by atoms with Gasteiger partial charge in [0.1, 0.15) is 0 Å². The monoisotopic (exact) mass is 325 g/mol. The molecule has 0 aliphatic carbocycles. The van der Waals surface area contributed by atoms with Crippen molar-refractivity contribution < 1.29 is 0 Å². The van der Waals surface area contributed by atoms with Crippen molar-refractivity contribution >= 4 is 10.9 Å². The number of aromatic nitrogens is 1. The maximum atomic E-state index is 2.79. The highest BCUT2D eigenvalue weighted by Gasteiger charge is 2.41.